The average molecular weight is 274 g/mol. The highest BCUT2D eigenvalue weighted by Crippen LogP contribution is 2.22. The summed E-state index contributed by atoms with van der Waals surface area (Å²) in [7, 11) is 0. The van der Waals surface area contributed by atoms with E-state index in [0.717, 1.165) is 17.4 Å². The van der Waals surface area contributed by atoms with Crippen molar-refractivity contribution in [2.24, 2.45) is 5.92 Å². The third-order valence-corrected chi connectivity index (χ3v) is 3.53. The number of rotatable bonds is 5. The molecule has 0 saturated heterocycles. The van der Waals surface area contributed by atoms with Gasteiger partial charge in [-0.05, 0) is 49.4 Å². The Morgan fingerprint density at radius 1 is 1.30 bits per heavy atom. The quantitative estimate of drug-likeness (QED) is 0.911. The zero-order chi connectivity index (χ0) is 14.7. The van der Waals surface area contributed by atoms with Gasteiger partial charge in [-0.25, -0.2) is 0 Å². The molecule has 20 heavy (non-hydrogen) atoms. The normalized spacial score (nSPS) is 11.2. The van der Waals surface area contributed by atoms with Crippen LogP contribution in [0.3, 0.4) is 0 Å². The summed E-state index contributed by atoms with van der Waals surface area (Å²) in [6.45, 7) is 9.08. The summed E-state index contributed by atoms with van der Waals surface area (Å²) in [6, 6.07) is 4.01. The maximum absolute atomic E-state index is 11.9. The average Bonchev–Trinajstić information content (AvgIpc) is 2.72. The van der Waals surface area contributed by atoms with E-state index >= 15 is 0 Å². The van der Waals surface area contributed by atoms with Crippen molar-refractivity contribution in [3.05, 3.63) is 29.0 Å². The fourth-order valence-electron chi connectivity index (χ4n) is 2.09. The fraction of sp³-hybridized carbons (Fsp3) is 0.500. The van der Waals surface area contributed by atoms with E-state index in [1.54, 1.807) is 0 Å². The van der Waals surface area contributed by atoms with Gasteiger partial charge in [0.15, 0.2) is 5.58 Å². The molecule has 0 spiro atoms. The van der Waals surface area contributed by atoms with Crippen LogP contribution in [0, 0.1) is 19.8 Å². The number of nitrogens with zero attached hydrogens (tertiary/aromatic N) is 1. The SMILES string of the molecule is Cc1cc2onc(CC(=O)NCCC(C)C)c2cc1C. The van der Waals surface area contributed by atoms with Crippen LogP contribution in [-0.2, 0) is 11.2 Å². The lowest BCUT2D eigenvalue weighted by molar-refractivity contribution is -0.120. The number of nitrogens with one attached hydrogen (secondary N) is 1. The summed E-state index contributed by atoms with van der Waals surface area (Å²) in [5.41, 5.74) is 3.81. The first-order valence-electron chi connectivity index (χ1n) is 7.09. The van der Waals surface area contributed by atoms with Gasteiger partial charge in [-0.3, -0.25) is 4.79 Å². The number of aryl methyl sites for hydroxylation is 2. The summed E-state index contributed by atoms with van der Waals surface area (Å²) < 4.78 is 5.30. The van der Waals surface area contributed by atoms with Gasteiger partial charge in [-0.1, -0.05) is 19.0 Å². The van der Waals surface area contributed by atoms with Crippen molar-refractivity contribution in [2.45, 2.75) is 40.5 Å². The van der Waals surface area contributed by atoms with Crippen LogP contribution in [0.25, 0.3) is 11.0 Å². The second kappa shape index (κ2) is 6.07. The Balaban J connectivity index is 2.06. The fourth-order valence-corrected chi connectivity index (χ4v) is 2.09. The number of amides is 1. The molecule has 4 heteroatoms. The van der Waals surface area contributed by atoms with Gasteiger partial charge >= 0.3 is 0 Å². The standard InChI is InChI=1S/C16H22N2O2/c1-10(2)5-6-17-16(19)9-14-13-7-11(3)12(4)8-15(13)20-18-14/h7-8,10H,5-6,9H2,1-4H3,(H,17,19). The van der Waals surface area contributed by atoms with Crippen molar-refractivity contribution >= 4 is 16.9 Å². The molecule has 0 atom stereocenters. The molecular weight excluding hydrogens is 252 g/mol. The zero-order valence-electron chi connectivity index (χ0n) is 12.6. The summed E-state index contributed by atoms with van der Waals surface area (Å²) in [5, 5.41) is 7.88. The lowest BCUT2D eigenvalue weighted by atomic mass is 10.1. The molecule has 4 nitrogen and oxygen atoms in total. The van der Waals surface area contributed by atoms with Gasteiger partial charge in [0.2, 0.25) is 5.91 Å². The Bertz CT molecular complexity index is 614. The first-order valence-corrected chi connectivity index (χ1v) is 7.09. The third kappa shape index (κ3) is 3.38. The van der Waals surface area contributed by atoms with E-state index in [4.69, 9.17) is 4.52 Å². The molecule has 0 bridgehead atoms. The molecule has 0 aliphatic rings. The number of hydrogen-bond donors (Lipinski definition) is 1. The van der Waals surface area contributed by atoms with E-state index in [1.807, 2.05) is 26.0 Å². The van der Waals surface area contributed by atoms with Gasteiger partial charge in [0.1, 0.15) is 5.69 Å². The minimum atomic E-state index is -0.000854. The number of carbonyl (C=O) groups excluding carboxylic acids is 1. The summed E-state index contributed by atoms with van der Waals surface area (Å²) in [5.74, 6) is 0.591. The van der Waals surface area contributed by atoms with E-state index in [1.165, 1.54) is 11.1 Å². The summed E-state index contributed by atoms with van der Waals surface area (Å²) >= 11 is 0. The number of hydrogen-bond acceptors (Lipinski definition) is 3. The molecule has 1 heterocycles. The number of carbonyl (C=O) groups is 1. The lowest BCUT2D eigenvalue weighted by Crippen LogP contribution is -2.27. The molecule has 0 fully saturated rings. The monoisotopic (exact) mass is 274 g/mol. The van der Waals surface area contributed by atoms with E-state index < -0.39 is 0 Å². The third-order valence-electron chi connectivity index (χ3n) is 3.53. The smallest absolute Gasteiger partial charge is 0.226 e. The number of benzene rings is 1. The highest BCUT2D eigenvalue weighted by molar-refractivity contribution is 5.87. The molecule has 2 aromatic rings. The predicted molar refractivity (Wildman–Crippen MR) is 79.7 cm³/mol. The molecule has 1 N–H and O–H groups in total. The predicted octanol–water partition coefficient (Wildman–Crippen LogP) is 3.15. The van der Waals surface area contributed by atoms with E-state index in [0.29, 0.717) is 18.2 Å². The molecule has 2 rings (SSSR count). The molecule has 1 aromatic heterocycles. The summed E-state index contributed by atoms with van der Waals surface area (Å²) in [6.07, 6.45) is 1.26. The van der Waals surface area contributed by atoms with Crippen molar-refractivity contribution in [3.8, 4) is 0 Å². The van der Waals surface area contributed by atoms with Crippen LogP contribution in [0.15, 0.2) is 16.7 Å². The van der Waals surface area contributed by atoms with Crippen molar-refractivity contribution in [1.29, 1.82) is 0 Å². The molecule has 0 aliphatic carbocycles. The molecule has 0 radical (unpaired) electrons. The number of aromatic nitrogens is 1. The minimum absolute atomic E-state index is 0.000854. The Labute approximate surface area is 119 Å². The lowest BCUT2D eigenvalue weighted by Gasteiger charge is -2.06. The zero-order valence-corrected chi connectivity index (χ0v) is 12.6. The Morgan fingerprint density at radius 3 is 2.70 bits per heavy atom. The molecule has 0 saturated carbocycles. The highest BCUT2D eigenvalue weighted by Gasteiger charge is 2.13. The van der Waals surface area contributed by atoms with Gasteiger partial charge in [-0.2, -0.15) is 0 Å². The van der Waals surface area contributed by atoms with Gasteiger partial charge in [0, 0.05) is 11.9 Å². The first-order chi connectivity index (χ1) is 9.47. The van der Waals surface area contributed by atoms with Crippen LogP contribution in [0.2, 0.25) is 0 Å². The van der Waals surface area contributed by atoms with Crippen LogP contribution in [0.4, 0.5) is 0 Å². The van der Waals surface area contributed by atoms with E-state index in [-0.39, 0.29) is 12.3 Å². The first kappa shape index (κ1) is 14.6. The van der Waals surface area contributed by atoms with Gasteiger partial charge in [0.25, 0.3) is 0 Å². The topological polar surface area (TPSA) is 55.1 Å². The van der Waals surface area contributed by atoms with Crippen molar-refractivity contribution in [2.75, 3.05) is 6.54 Å². The van der Waals surface area contributed by atoms with E-state index in [2.05, 4.69) is 24.3 Å². The molecule has 1 aromatic carbocycles. The van der Waals surface area contributed by atoms with E-state index in [9.17, 15) is 4.79 Å². The van der Waals surface area contributed by atoms with Crippen molar-refractivity contribution < 1.29 is 9.32 Å². The second-order valence-corrected chi connectivity index (χ2v) is 5.77. The molecule has 108 valence electrons. The molecular formula is C16H22N2O2. The van der Waals surface area contributed by atoms with Crippen molar-refractivity contribution in [1.82, 2.24) is 10.5 Å². The maximum atomic E-state index is 11.9. The van der Waals surface area contributed by atoms with Crippen LogP contribution in [0.5, 0.6) is 0 Å². The largest absolute Gasteiger partial charge is 0.356 e. The van der Waals surface area contributed by atoms with Crippen LogP contribution in [0.1, 0.15) is 37.1 Å². The Hall–Kier alpha value is -1.84. The van der Waals surface area contributed by atoms with Crippen molar-refractivity contribution in [3.63, 3.8) is 0 Å². The molecule has 1 amide bonds. The van der Waals surface area contributed by atoms with Crippen LogP contribution >= 0.6 is 0 Å². The van der Waals surface area contributed by atoms with Gasteiger partial charge in [0.05, 0.1) is 6.42 Å². The van der Waals surface area contributed by atoms with Gasteiger partial charge in [-0.15, -0.1) is 0 Å². The molecule has 0 aliphatic heterocycles. The van der Waals surface area contributed by atoms with Crippen LogP contribution in [-0.4, -0.2) is 17.6 Å². The van der Waals surface area contributed by atoms with Gasteiger partial charge < -0.3 is 9.84 Å². The maximum Gasteiger partial charge on any atom is 0.226 e. The Morgan fingerprint density at radius 2 is 2.00 bits per heavy atom. The Kier molecular flexibility index (Phi) is 4.42. The number of fused-ring (bicyclic) bond motifs is 1. The second-order valence-electron chi connectivity index (χ2n) is 5.77. The minimum Gasteiger partial charge on any atom is -0.356 e. The van der Waals surface area contributed by atoms with Crippen LogP contribution < -0.4 is 5.32 Å². The summed E-state index contributed by atoms with van der Waals surface area (Å²) in [4.78, 5) is 11.9. The highest BCUT2D eigenvalue weighted by atomic mass is 16.5. The molecule has 0 unspecified atom stereocenters.